The fraction of sp³-hybridized carbons (Fsp3) is 0.277. The van der Waals surface area contributed by atoms with Crippen LogP contribution in [0.1, 0.15) is 96.3 Å². The number of hydrogen-bond acceptors (Lipinski definition) is 8. The minimum absolute atomic E-state index is 0.0610. The molecule has 10 rings (SSSR count). The van der Waals surface area contributed by atoms with Crippen molar-refractivity contribution in [1.82, 2.24) is 45.7 Å². The molecule has 342 valence electrons. The van der Waals surface area contributed by atoms with Gasteiger partial charge in [-0.25, -0.2) is 23.7 Å². The van der Waals surface area contributed by atoms with Gasteiger partial charge in [-0.15, -0.1) is 11.3 Å². The molecule has 2 amide bonds. The average Bonchev–Trinajstić information content (AvgIpc) is 4.15. The topological polar surface area (TPSA) is 143 Å². The fourth-order valence-electron chi connectivity index (χ4n) is 8.86. The van der Waals surface area contributed by atoms with Gasteiger partial charge in [-0.2, -0.15) is 27.1 Å². The molecule has 1 saturated heterocycles. The number of pyridine rings is 1. The van der Waals surface area contributed by atoms with Crippen LogP contribution in [-0.2, 0) is 36.4 Å². The third-order valence-corrected chi connectivity index (χ3v) is 14.8. The van der Waals surface area contributed by atoms with E-state index in [1.54, 1.807) is 24.3 Å². The number of carbonyl (C=O) groups is 2. The van der Waals surface area contributed by atoms with E-state index < -0.39 is 69.0 Å². The van der Waals surface area contributed by atoms with Gasteiger partial charge in [0.05, 0.1) is 28.2 Å². The maximum atomic E-state index is 15.7. The molecule has 0 radical (unpaired) electrons. The first kappa shape index (κ1) is 44.6. The summed E-state index contributed by atoms with van der Waals surface area (Å²) in [5, 5.41) is 12.8. The van der Waals surface area contributed by atoms with Crippen LogP contribution in [0.5, 0.6) is 0 Å². The zero-order valence-corrected chi connectivity index (χ0v) is 37.9. The van der Waals surface area contributed by atoms with Crippen molar-refractivity contribution in [1.29, 1.82) is 0 Å². The van der Waals surface area contributed by atoms with E-state index in [0.717, 1.165) is 61.1 Å². The number of benzene rings is 3. The lowest BCUT2D eigenvalue weighted by Gasteiger charge is -2.23. The van der Waals surface area contributed by atoms with Crippen molar-refractivity contribution >= 4 is 56.1 Å². The van der Waals surface area contributed by atoms with Crippen molar-refractivity contribution < 1.29 is 40.3 Å². The first-order valence-corrected chi connectivity index (χ1v) is 23.1. The first-order valence-electron chi connectivity index (χ1n) is 21.1. The van der Waals surface area contributed by atoms with Crippen molar-refractivity contribution in [3.05, 3.63) is 140 Å². The molecule has 2 aliphatic heterocycles. The third-order valence-electron chi connectivity index (χ3n) is 12.2. The number of imidazole rings is 1. The summed E-state index contributed by atoms with van der Waals surface area (Å²) in [5.74, 6) is -1.40. The summed E-state index contributed by atoms with van der Waals surface area (Å²) in [6.45, 7) is 1.31. The standard InChI is InChI=1S/C47H35F7IN9O2S/c1-22-39(55)38-41(47(52,53)54)63-64(42(38)46(22,50)51)21-36(65)59-33(15-24-13-28(48)17-29(49)14-24)40-30(26-9-10-27-19-58-45(66)31(27)16-26)18-35-44(62-40)61-37(67-35)11-6-23-4-7-25(8-5-23)34-20-57-43(60-34)32-3-2-12-56-32/h4-5,7-10,13-14,16-18,20,22,32-33,39,56H,2-3,12,15,19,21H2,1H3,(H,57,60)(H,58,66)(H,59,65)/t22-,32?,33+,39+/m1/s1. The second-order valence-corrected chi connectivity index (χ2v) is 19.0. The Morgan fingerprint density at radius 3 is 2.49 bits per heavy atom. The number of amides is 2. The minimum Gasteiger partial charge on any atom is -0.348 e. The molecule has 6 heterocycles. The Morgan fingerprint density at radius 2 is 1.76 bits per heavy atom. The summed E-state index contributed by atoms with van der Waals surface area (Å²) >= 11 is 2.75. The van der Waals surface area contributed by atoms with Crippen molar-refractivity contribution in [3.8, 4) is 34.2 Å². The van der Waals surface area contributed by atoms with E-state index in [9.17, 15) is 31.5 Å². The Morgan fingerprint density at radius 1 is 1.00 bits per heavy atom. The number of hydrogen-bond donors (Lipinski definition) is 4. The number of rotatable bonds is 9. The third kappa shape index (κ3) is 8.56. The molecule has 3 aromatic carbocycles. The lowest BCUT2D eigenvalue weighted by molar-refractivity contribution is -0.142. The van der Waals surface area contributed by atoms with Crippen LogP contribution in [0.4, 0.5) is 30.7 Å². The number of thiazole rings is 1. The number of nitrogens with one attached hydrogen (secondary N) is 4. The van der Waals surface area contributed by atoms with Crippen molar-refractivity contribution in [2.24, 2.45) is 5.92 Å². The number of halogens is 8. The van der Waals surface area contributed by atoms with Crippen LogP contribution in [0.25, 0.3) is 32.7 Å². The van der Waals surface area contributed by atoms with Crippen molar-refractivity contribution in [2.45, 2.75) is 67.4 Å². The second-order valence-electron chi connectivity index (χ2n) is 16.6. The van der Waals surface area contributed by atoms with Crippen LogP contribution in [0.15, 0.2) is 72.9 Å². The highest BCUT2D eigenvalue weighted by molar-refractivity contribution is 14.1. The highest BCUT2D eigenvalue weighted by Crippen LogP contribution is 2.58. The van der Waals surface area contributed by atoms with E-state index in [4.69, 9.17) is 9.97 Å². The van der Waals surface area contributed by atoms with Crippen LogP contribution in [0.2, 0.25) is 0 Å². The fourth-order valence-corrected chi connectivity index (χ4v) is 10.7. The number of alkyl halides is 6. The van der Waals surface area contributed by atoms with Crippen molar-refractivity contribution in [3.63, 3.8) is 0 Å². The largest absolute Gasteiger partial charge is 0.435 e. The van der Waals surface area contributed by atoms with Crippen LogP contribution in [0, 0.1) is 29.4 Å². The molecule has 0 saturated carbocycles. The Labute approximate surface area is 394 Å². The lowest BCUT2D eigenvalue weighted by Crippen LogP contribution is -2.35. The second kappa shape index (κ2) is 17.2. The maximum absolute atomic E-state index is 15.7. The van der Waals surface area contributed by atoms with Gasteiger partial charge in [0.15, 0.2) is 16.3 Å². The molecule has 7 aromatic rings. The Bertz CT molecular complexity index is 3170. The normalized spacial score (nSPS) is 18.9. The quantitative estimate of drug-likeness (QED) is 0.0489. The number of fused-ring (bicyclic) bond motifs is 3. The Hall–Kier alpha value is -6.18. The number of nitrogens with zero attached hydrogens (tertiary/aromatic N) is 5. The highest BCUT2D eigenvalue weighted by atomic mass is 127. The van der Waals surface area contributed by atoms with Gasteiger partial charge in [0.2, 0.25) is 5.91 Å². The summed E-state index contributed by atoms with van der Waals surface area (Å²) < 4.78 is 103. The predicted molar refractivity (Wildman–Crippen MR) is 242 cm³/mol. The molecule has 4 N–H and O–H groups in total. The van der Waals surface area contributed by atoms with Gasteiger partial charge in [-0.05, 0) is 84.8 Å². The maximum Gasteiger partial charge on any atom is 0.435 e. The molecule has 1 unspecified atom stereocenters. The molecule has 0 bridgehead atoms. The number of aromatic nitrogens is 6. The molecular formula is C47H35F7IN9O2S. The Balaban J connectivity index is 1.03. The molecule has 11 nitrogen and oxygen atoms in total. The van der Waals surface area contributed by atoms with Gasteiger partial charge >= 0.3 is 6.18 Å². The van der Waals surface area contributed by atoms with Gasteiger partial charge in [0.25, 0.3) is 11.8 Å². The molecule has 3 aliphatic rings. The molecule has 4 atom stereocenters. The van der Waals surface area contributed by atoms with E-state index in [2.05, 4.69) is 42.9 Å². The zero-order chi connectivity index (χ0) is 46.9. The van der Waals surface area contributed by atoms with E-state index in [1.807, 2.05) is 30.5 Å². The molecule has 1 fully saturated rings. The number of carbonyl (C=O) groups excluding carboxylic acids is 2. The highest BCUT2D eigenvalue weighted by Gasteiger charge is 2.58. The summed E-state index contributed by atoms with van der Waals surface area (Å²) in [6, 6.07) is 16.1. The zero-order valence-electron chi connectivity index (χ0n) is 35.0. The monoisotopic (exact) mass is 1050 g/mol. The molecule has 1 aliphatic carbocycles. The molecule has 20 heteroatoms. The smallest absolute Gasteiger partial charge is 0.348 e. The van der Waals surface area contributed by atoms with Crippen LogP contribution in [-0.4, -0.2) is 48.1 Å². The van der Waals surface area contributed by atoms with Crippen LogP contribution >= 0.6 is 33.9 Å². The number of aromatic amines is 1. The molecule has 67 heavy (non-hydrogen) atoms. The SMILES string of the molecule is C[C@@H]1[C@H](I)c2c(C(F)(F)F)nn(CC(=O)N[C@@H](Cc3cc(F)cc(F)c3)c3nc4nc(C#Cc5ccc(-c6c[nH]c(C7CCCN7)n6)cc5)sc4cc3-c3ccc4c(c3)C(=O)NC4)c2C1(F)F. The lowest BCUT2D eigenvalue weighted by atomic mass is 9.93. The predicted octanol–water partition coefficient (Wildman–Crippen LogP) is 9.63. The van der Waals surface area contributed by atoms with E-state index in [0.29, 0.717) is 49.3 Å². The summed E-state index contributed by atoms with van der Waals surface area (Å²) in [4.78, 5) is 44.5. The molecule has 0 spiro atoms. The van der Waals surface area contributed by atoms with Crippen LogP contribution in [0.3, 0.4) is 0 Å². The summed E-state index contributed by atoms with van der Waals surface area (Å²) in [7, 11) is 0. The Kier molecular flexibility index (Phi) is 11.4. The number of H-pyrrole nitrogens is 1. The van der Waals surface area contributed by atoms with Gasteiger partial charge in [-0.3, -0.25) is 14.3 Å². The van der Waals surface area contributed by atoms with E-state index in [1.165, 1.54) is 33.9 Å². The molecule has 4 aromatic heterocycles. The molecular weight excluding hydrogens is 1010 g/mol. The average molecular weight is 1050 g/mol. The van der Waals surface area contributed by atoms with Gasteiger partial charge in [-0.1, -0.05) is 59.7 Å². The van der Waals surface area contributed by atoms with E-state index >= 15 is 8.78 Å². The minimum atomic E-state index is -5.10. The van der Waals surface area contributed by atoms with Gasteiger partial charge < -0.3 is 20.9 Å². The van der Waals surface area contributed by atoms with Crippen molar-refractivity contribution in [2.75, 3.05) is 6.54 Å². The van der Waals surface area contributed by atoms with Gasteiger partial charge in [0, 0.05) is 56.5 Å². The summed E-state index contributed by atoms with van der Waals surface area (Å²) in [5.41, 5.74) is 1.47. The first-order chi connectivity index (χ1) is 32.0. The van der Waals surface area contributed by atoms with Crippen LogP contribution < -0.4 is 16.0 Å². The van der Waals surface area contributed by atoms with Gasteiger partial charge in [0.1, 0.15) is 29.7 Å². The summed E-state index contributed by atoms with van der Waals surface area (Å²) in [6.07, 6.45) is -1.44. The van der Waals surface area contributed by atoms with E-state index in [-0.39, 0.29) is 35.3 Å².